The van der Waals surface area contributed by atoms with E-state index in [-0.39, 0.29) is 32.0 Å². The minimum absolute atomic E-state index is 0.0362. The van der Waals surface area contributed by atoms with Crippen molar-refractivity contribution in [2.75, 3.05) is 47.5 Å². The van der Waals surface area contributed by atoms with Gasteiger partial charge in [-0.2, -0.15) is 0 Å². The first-order valence-electron chi connectivity index (χ1n) is 27.0. The zero-order valence-electron chi connectivity index (χ0n) is 43.4. The Morgan fingerprint density at radius 1 is 0.485 bits per heavy atom. The number of esters is 2. The molecule has 0 spiro atoms. The molecule has 0 rings (SSSR count). The van der Waals surface area contributed by atoms with E-state index < -0.39 is 26.5 Å². The van der Waals surface area contributed by atoms with Gasteiger partial charge in [-0.15, -0.1) is 0 Å². The van der Waals surface area contributed by atoms with Gasteiger partial charge in [0.2, 0.25) is 0 Å². The molecule has 0 saturated heterocycles. The van der Waals surface area contributed by atoms with E-state index in [0.717, 1.165) is 83.5 Å². The number of nitrogens with zero attached hydrogens (tertiary/aromatic N) is 1. The maximum Gasteiger partial charge on any atom is 0.306 e. The van der Waals surface area contributed by atoms with E-state index in [1.54, 1.807) is 0 Å². The molecule has 2 unspecified atom stereocenters. The standard InChI is InChI=1S/C56H102NO8P/c1-6-8-10-12-14-16-18-20-22-24-26-28-30-32-34-36-38-40-42-44-46-48-55(58)62-52-54(53-64-66(60,61)63-51-50-57(3,4)5)65-56(59)49-47-45-43-41-39-37-35-33-31-29-27-25-23-21-19-17-15-13-11-9-7-2/h9,11,15,17,21,23,27,29,33,35,54H,6-8,10,12-14,16,18-20,22,24-26,28,30-32,34,36-53H2,1-5H3/b11-9-,17-15-,23-21-,29-27-,35-33-. The van der Waals surface area contributed by atoms with E-state index in [4.69, 9.17) is 18.5 Å². The van der Waals surface area contributed by atoms with Crippen LogP contribution in [0.3, 0.4) is 0 Å². The van der Waals surface area contributed by atoms with Crippen LogP contribution in [0.5, 0.6) is 0 Å². The van der Waals surface area contributed by atoms with Crippen LogP contribution < -0.4 is 4.89 Å². The van der Waals surface area contributed by atoms with Crippen LogP contribution in [0.4, 0.5) is 0 Å². The van der Waals surface area contributed by atoms with Crippen molar-refractivity contribution >= 4 is 19.8 Å². The van der Waals surface area contributed by atoms with Crippen LogP contribution in [0.15, 0.2) is 60.8 Å². The van der Waals surface area contributed by atoms with E-state index >= 15 is 0 Å². The Kier molecular flexibility index (Phi) is 46.1. The van der Waals surface area contributed by atoms with Crippen LogP contribution in [0, 0.1) is 0 Å². The number of ether oxygens (including phenoxy) is 2. The number of rotatable bonds is 49. The van der Waals surface area contributed by atoms with Gasteiger partial charge in [0.1, 0.15) is 19.8 Å². The number of hydrogen-bond donors (Lipinski definition) is 0. The molecular weight excluding hydrogens is 846 g/mol. The topological polar surface area (TPSA) is 111 Å². The molecule has 0 aromatic heterocycles. The zero-order valence-corrected chi connectivity index (χ0v) is 44.3. The van der Waals surface area contributed by atoms with Gasteiger partial charge in [0.25, 0.3) is 7.82 Å². The van der Waals surface area contributed by atoms with E-state index in [1.807, 2.05) is 21.1 Å². The second-order valence-electron chi connectivity index (χ2n) is 19.2. The molecule has 0 radical (unpaired) electrons. The van der Waals surface area contributed by atoms with Gasteiger partial charge in [-0.3, -0.25) is 14.2 Å². The third kappa shape index (κ3) is 51.1. The maximum atomic E-state index is 12.8. The Morgan fingerprint density at radius 3 is 1.29 bits per heavy atom. The Bertz CT molecular complexity index is 1300. The third-order valence-corrected chi connectivity index (χ3v) is 12.5. The number of carbonyl (C=O) groups excluding carboxylic acids is 2. The van der Waals surface area contributed by atoms with Crippen LogP contribution >= 0.6 is 7.82 Å². The molecule has 0 bridgehead atoms. The fourth-order valence-electron chi connectivity index (χ4n) is 7.39. The molecule has 66 heavy (non-hydrogen) atoms. The van der Waals surface area contributed by atoms with Gasteiger partial charge in [-0.05, 0) is 57.8 Å². The van der Waals surface area contributed by atoms with Gasteiger partial charge in [0.15, 0.2) is 6.10 Å². The molecule has 0 amide bonds. The molecule has 10 heteroatoms. The molecular formula is C56H102NO8P. The van der Waals surface area contributed by atoms with Gasteiger partial charge in [0.05, 0.1) is 27.7 Å². The van der Waals surface area contributed by atoms with Crippen molar-refractivity contribution in [3.8, 4) is 0 Å². The zero-order chi connectivity index (χ0) is 48.5. The summed E-state index contributed by atoms with van der Waals surface area (Å²) in [6, 6.07) is 0. The predicted molar refractivity (Wildman–Crippen MR) is 277 cm³/mol. The predicted octanol–water partition coefficient (Wildman–Crippen LogP) is 15.7. The lowest BCUT2D eigenvalue weighted by molar-refractivity contribution is -0.870. The van der Waals surface area contributed by atoms with Gasteiger partial charge in [0, 0.05) is 12.8 Å². The smallest absolute Gasteiger partial charge is 0.306 e. The van der Waals surface area contributed by atoms with Crippen molar-refractivity contribution in [3.63, 3.8) is 0 Å². The van der Waals surface area contributed by atoms with Crippen LogP contribution in [-0.2, 0) is 32.7 Å². The number of hydrogen-bond acceptors (Lipinski definition) is 8. The molecule has 0 heterocycles. The van der Waals surface area contributed by atoms with Crippen molar-refractivity contribution in [3.05, 3.63) is 60.8 Å². The summed E-state index contributed by atoms with van der Waals surface area (Å²) in [5, 5.41) is 0. The number of carbonyl (C=O) groups is 2. The molecule has 0 fully saturated rings. The third-order valence-electron chi connectivity index (χ3n) is 11.6. The van der Waals surface area contributed by atoms with E-state index in [1.165, 1.54) is 116 Å². The molecule has 384 valence electrons. The molecule has 0 N–H and O–H groups in total. The number of quaternary nitrogens is 1. The van der Waals surface area contributed by atoms with Crippen molar-refractivity contribution in [1.29, 1.82) is 0 Å². The maximum absolute atomic E-state index is 12.8. The lowest BCUT2D eigenvalue weighted by Crippen LogP contribution is -2.37. The first-order valence-corrected chi connectivity index (χ1v) is 28.5. The molecule has 0 aliphatic rings. The summed E-state index contributed by atoms with van der Waals surface area (Å²) in [6.07, 6.45) is 59.7. The Hall–Kier alpha value is -2.29. The van der Waals surface area contributed by atoms with E-state index in [2.05, 4.69) is 74.6 Å². The quantitative estimate of drug-likeness (QED) is 0.0195. The highest BCUT2D eigenvalue weighted by Gasteiger charge is 2.21. The van der Waals surface area contributed by atoms with Crippen LogP contribution in [0.25, 0.3) is 0 Å². The normalized spacial score (nSPS) is 13.8. The fourth-order valence-corrected chi connectivity index (χ4v) is 8.12. The highest BCUT2D eigenvalue weighted by molar-refractivity contribution is 7.45. The Morgan fingerprint density at radius 2 is 0.864 bits per heavy atom. The molecule has 0 aliphatic heterocycles. The minimum atomic E-state index is -4.64. The second-order valence-corrected chi connectivity index (χ2v) is 20.6. The Balaban J connectivity index is 4.25. The second kappa shape index (κ2) is 47.8. The first kappa shape index (κ1) is 63.7. The summed E-state index contributed by atoms with van der Waals surface area (Å²) < 4.78 is 34.1. The Labute approximate surface area is 406 Å². The summed E-state index contributed by atoms with van der Waals surface area (Å²) >= 11 is 0. The van der Waals surface area contributed by atoms with Crippen molar-refractivity contribution in [2.45, 2.75) is 238 Å². The van der Waals surface area contributed by atoms with Gasteiger partial charge in [-0.1, -0.05) is 222 Å². The highest BCUT2D eigenvalue weighted by atomic mass is 31.2. The molecule has 2 atom stereocenters. The summed E-state index contributed by atoms with van der Waals surface area (Å²) in [5.74, 6) is -0.850. The number of phosphoric acid groups is 1. The van der Waals surface area contributed by atoms with E-state index in [9.17, 15) is 19.0 Å². The highest BCUT2D eigenvalue weighted by Crippen LogP contribution is 2.38. The fraction of sp³-hybridized carbons (Fsp3) is 0.786. The van der Waals surface area contributed by atoms with Crippen molar-refractivity contribution < 1.29 is 42.1 Å². The minimum Gasteiger partial charge on any atom is -0.756 e. The van der Waals surface area contributed by atoms with Crippen LogP contribution in [0.1, 0.15) is 232 Å². The average molecular weight is 948 g/mol. The molecule has 0 saturated carbocycles. The van der Waals surface area contributed by atoms with Crippen LogP contribution in [0.2, 0.25) is 0 Å². The molecule has 9 nitrogen and oxygen atoms in total. The summed E-state index contributed by atoms with van der Waals surface area (Å²) in [6.45, 7) is 4.12. The molecule has 0 aromatic carbocycles. The van der Waals surface area contributed by atoms with Crippen LogP contribution in [-0.4, -0.2) is 70.0 Å². The number of allylic oxidation sites excluding steroid dienone is 10. The lowest BCUT2D eigenvalue weighted by atomic mass is 10.0. The van der Waals surface area contributed by atoms with E-state index in [0.29, 0.717) is 17.4 Å². The van der Waals surface area contributed by atoms with Gasteiger partial charge < -0.3 is 27.9 Å². The average Bonchev–Trinajstić information content (AvgIpc) is 3.27. The monoisotopic (exact) mass is 948 g/mol. The SMILES string of the molecule is CC/C=C\C/C=C\C/C=C\C/C=C\C/C=C\CCCCCCCC(=O)OC(COC(=O)CCCCCCCCCCCCCCCCCCCCCCC)COP(=O)([O-])OCC[N+](C)(C)C. The summed E-state index contributed by atoms with van der Waals surface area (Å²) in [7, 11) is 1.15. The summed E-state index contributed by atoms with van der Waals surface area (Å²) in [4.78, 5) is 37.8. The molecule has 0 aromatic rings. The number of phosphoric ester groups is 1. The first-order chi connectivity index (χ1) is 32.0. The number of likely N-dealkylation sites (N-methyl/N-ethyl adjacent to an activating group) is 1. The largest absolute Gasteiger partial charge is 0.756 e. The number of unbranched alkanes of at least 4 members (excludes halogenated alkanes) is 25. The summed E-state index contributed by atoms with van der Waals surface area (Å²) in [5.41, 5.74) is 0. The molecule has 0 aliphatic carbocycles. The van der Waals surface area contributed by atoms with Gasteiger partial charge >= 0.3 is 11.9 Å². The van der Waals surface area contributed by atoms with Gasteiger partial charge in [-0.25, -0.2) is 0 Å². The lowest BCUT2D eigenvalue weighted by Gasteiger charge is -2.28. The van der Waals surface area contributed by atoms with Crippen molar-refractivity contribution in [2.24, 2.45) is 0 Å². The van der Waals surface area contributed by atoms with Crippen molar-refractivity contribution in [1.82, 2.24) is 0 Å².